The summed E-state index contributed by atoms with van der Waals surface area (Å²) < 4.78 is 1.97. The predicted octanol–water partition coefficient (Wildman–Crippen LogP) is 5.28. The van der Waals surface area contributed by atoms with Crippen LogP contribution in [0.4, 0.5) is 11.5 Å². The van der Waals surface area contributed by atoms with Gasteiger partial charge in [-0.1, -0.05) is 36.9 Å². The summed E-state index contributed by atoms with van der Waals surface area (Å²) >= 11 is 6.08. The standard InChI is InChI=1S/C22H25ClN4O/c1-27-11-10-18-20(27)19(22(28)25-13-15-6-3-2-4-7-15)14-24-21(18)26-17-9-5-8-16(23)12-17/h5,8-12,14-15H,2-4,6-7,13H2,1H3,(H,24,26)(H,25,28). The summed E-state index contributed by atoms with van der Waals surface area (Å²) in [5.41, 5.74) is 2.34. The number of aryl methyl sites for hydroxylation is 1. The minimum Gasteiger partial charge on any atom is -0.352 e. The number of nitrogens with one attached hydrogen (secondary N) is 2. The quantitative estimate of drug-likeness (QED) is 0.616. The van der Waals surface area contributed by atoms with E-state index >= 15 is 0 Å². The van der Waals surface area contributed by atoms with Gasteiger partial charge in [-0.2, -0.15) is 0 Å². The van der Waals surface area contributed by atoms with E-state index in [2.05, 4.69) is 15.6 Å². The normalized spacial score (nSPS) is 14.9. The first-order chi connectivity index (χ1) is 13.6. The fraction of sp³-hybridized carbons (Fsp3) is 0.364. The number of carbonyl (C=O) groups excluding carboxylic acids is 1. The van der Waals surface area contributed by atoms with Gasteiger partial charge in [0.25, 0.3) is 5.91 Å². The number of rotatable bonds is 5. The molecule has 1 aliphatic rings. The first-order valence-corrected chi connectivity index (χ1v) is 10.2. The van der Waals surface area contributed by atoms with Gasteiger partial charge in [-0.3, -0.25) is 4.79 Å². The van der Waals surface area contributed by atoms with Crippen molar-refractivity contribution in [3.05, 3.63) is 53.3 Å². The van der Waals surface area contributed by atoms with Crippen LogP contribution in [0.5, 0.6) is 0 Å². The summed E-state index contributed by atoms with van der Waals surface area (Å²) in [4.78, 5) is 17.4. The van der Waals surface area contributed by atoms with Gasteiger partial charge in [0.15, 0.2) is 0 Å². The molecule has 0 spiro atoms. The number of hydrogen-bond acceptors (Lipinski definition) is 3. The van der Waals surface area contributed by atoms with Crippen LogP contribution >= 0.6 is 11.6 Å². The molecule has 0 radical (unpaired) electrons. The lowest BCUT2D eigenvalue weighted by Crippen LogP contribution is -2.30. The van der Waals surface area contributed by atoms with E-state index in [9.17, 15) is 4.79 Å². The minimum atomic E-state index is -0.0563. The molecule has 146 valence electrons. The Balaban J connectivity index is 1.58. The molecule has 0 aliphatic heterocycles. The molecule has 4 rings (SSSR count). The smallest absolute Gasteiger partial charge is 0.255 e. The summed E-state index contributed by atoms with van der Waals surface area (Å²) in [7, 11) is 1.95. The van der Waals surface area contributed by atoms with Crippen molar-refractivity contribution in [3.63, 3.8) is 0 Å². The Morgan fingerprint density at radius 1 is 1.25 bits per heavy atom. The molecule has 6 heteroatoms. The van der Waals surface area contributed by atoms with Gasteiger partial charge in [0, 0.05) is 42.1 Å². The monoisotopic (exact) mass is 396 g/mol. The number of carbonyl (C=O) groups is 1. The number of fused-ring (bicyclic) bond motifs is 1. The fourth-order valence-electron chi connectivity index (χ4n) is 4.01. The fourth-order valence-corrected chi connectivity index (χ4v) is 4.20. The van der Waals surface area contributed by atoms with Crippen molar-refractivity contribution in [1.82, 2.24) is 14.9 Å². The second-order valence-electron chi connectivity index (χ2n) is 7.56. The van der Waals surface area contributed by atoms with Crippen LogP contribution in [0.25, 0.3) is 10.9 Å². The van der Waals surface area contributed by atoms with E-state index in [1.165, 1.54) is 32.1 Å². The summed E-state index contributed by atoms with van der Waals surface area (Å²) in [5.74, 6) is 1.25. The van der Waals surface area contributed by atoms with Crippen molar-refractivity contribution in [2.45, 2.75) is 32.1 Å². The van der Waals surface area contributed by atoms with Crippen molar-refractivity contribution >= 4 is 39.9 Å². The molecule has 28 heavy (non-hydrogen) atoms. The zero-order valence-corrected chi connectivity index (χ0v) is 16.8. The number of benzene rings is 1. The lowest BCUT2D eigenvalue weighted by atomic mass is 9.89. The Labute approximate surface area is 170 Å². The zero-order valence-electron chi connectivity index (χ0n) is 16.0. The Morgan fingerprint density at radius 2 is 2.07 bits per heavy atom. The SMILES string of the molecule is Cn1ccc2c(Nc3cccc(Cl)c3)ncc(C(=O)NCC3CCCCC3)c21. The molecule has 1 saturated carbocycles. The maximum absolute atomic E-state index is 12.9. The Kier molecular flexibility index (Phi) is 5.53. The van der Waals surface area contributed by atoms with E-state index < -0.39 is 0 Å². The summed E-state index contributed by atoms with van der Waals surface area (Å²) in [6, 6.07) is 9.49. The van der Waals surface area contributed by atoms with E-state index in [1.54, 1.807) is 6.20 Å². The van der Waals surface area contributed by atoms with E-state index in [0.717, 1.165) is 23.1 Å². The average molecular weight is 397 g/mol. The molecule has 0 unspecified atom stereocenters. The predicted molar refractivity (Wildman–Crippen MR) is 114 cm³/mol. The van der Waals surface area contributed by atoms with Crippen molar-refractivity contribution in [2.75, 3.05) is 11.9 Å². The molecule has 2 aromatic heterocycles. The van der Waals surface area contributed by atoms with Gasteiger partial charge in [-0.25, -0.2) is 4.98 Å². The van der Waals surface area contributed by atoms with Crippen LogP contribution in [-0.2, 0) is 7.05 Å². The van der Waals surface area contributed by atoms with Crippen LogP contribution in [-0.4, -0.2) is 22.0 Å². The molecule has 2 N–H and O–H groups in total. The molecule has 1 aromatic carbocycles. The first-order valence-electron chi connectivity index (χ1n) is 9.86. The third-order valence-electron chi connectivity index (χ3n) is 5.51. The van der Waals surface area contributed by atoms with Crippen molar-refractivity contribution in [1.29, 1.82) is 0 Å². The third kappa shape index (κ3) is 3.99. The third-order valence-corrected chi connectivity index (χ3v) is 5.75. The Morgan fingerprint density at radius 3 is 2.86 bits per heavy atom. The highest BCUT2D eigenvalue weighted by Crippen LogP contribution is 2.29. The molecule has 1 aliphatic carbocycles. The number of pyridine rings is 1. The van der Waals surface area contributed by atoms with Crippen LogP contribution < -0.4 is 10.6 Å². The van der Waals surface area contributed by atoms with E-state index in [4.69, 9.17) is 11.6 Å². The highest BCUT2D eigenvalue weighted by Gasteiger charge is 2.19. The van der Waals surface area contributed by atoms with Crippen LogP contribution in [0.3, 0.4) is 0 Å². The number of amides is 1. The van der Waals surface area contributed by atoms with Gasteiger partial charge < -0.3 is 15.2 Å². The van der Waals surface area contributed by atoms with E-state index in [0.29, 0.717) is 22.3 Å². The Hall–Kier alpha value is -2.53. The van der Waals surface area contributed by atoms with Gasteiger partial charge in [-0.15, -0.1) is 0 Å². The van der Waals surface area contributed by atoms with Gasteiger partial charge >= 0.3 is 0 Å². The topological polar surface area (TPSA) is 59.0 Å². The second-order valence-corrected chi connectivity index (χ2v) is 8.00. The maximum atomic E-state index is 12.9. The van der Waals surface area contributed by atoms with Crippen molar-refractivity contribution < 1.29 is 4.79 Å². The molecule has 3 aromatic rings. The lowest BCUT2D eigenvalue weighted by Gasteiger charge is -2.21. The van der Waals surface area contributed by atoms with Crippen molar-refractivity contribution in [3.8, 4) is 0 Å². The van der Waals surface area contributed by atoms with Gasteiger partial charge in [0.2, 0.25) is 0 Å². The van der Waals surface area contributed by atoms with Gasteiger partial charge in [-0.05, 0) is 43.0 Å². The molecule has 0 bridgehead atoms. The highest BCUT2D eigenvalue weighted by atomic mass is 35.5. The van der Waals surface area contributed by atoms with Crippen LogP contribution in [0.15, 0.2) is 42.7 Å². The van der Waals surface area contributed by atoms with Gasteiger partial charge in [0.05, 0.1) is 11.1 Å². The number of aromatic nitrogens is 2. The molecule has 0 atom stereocenters. The Bertz CT molecular complexity index is 991. The minimum absolute atomic E-state index is 0.0563. The number of anilines is 2. The van der Waals surface area contributed by atoms with Crippen molar-refractivity contribution in [2.24, 2.45) is 13.0 Å². The number of nitrogens with zero attached hydrogens (tertiary/aromatic N) is 2. The van der Waals surface area contributed by atoms with Gasteiger partial charge in [0.1, 0.15) is 5.82 Å². The highest BCUT2D eigenvalue weighted by molar-refractivity contribution is 6.30. The molecule has 5 nitrogen and oxygen atoms in total. The summed E-state index contributed by atoms with van der Waals surface area (Å²) in [6.45, 7) is 0.743. The molecular weight excluding hydrogens is 372 g/mol. The summed E-state index contributed by atoms with van der Waals surface area (Å²) in [5, 5.41) is 8.00. The molecule has 1 amide bonds. The lowest BCUT2D eigenvalue weighted by molar-refractivity contribution is 0.0944. The van der Waals surface area contributed by atoms with E-state index in [-0.39, 0.29) is 5.91 Å². The summed E-state index contributed by atoms with van der Waals surface area (Å²) in [6.07, 6.45) is 9.89. The molecule has 2 heterocycles. The zero-order chi connectivity index (χ0) is 19.5. The largest absolute Gasteiger partial charge is 0.352 e. The average Bonchev–Trinajstić information content (AvgIpc) is 3.10. The number of hydrogen-bond donors (Lipinski definition) is 2. The second kappa shape index (κ2) is 8.23. The van der Waals surface area contributed by atoms with Crippen LogP contribution in [0.1, 0.15) is 42.5 Å². The first kappa shape index (κ1) is 18.8. The molecule has 1 fully saturated rings. The molecular formula is C22H25ClN4O. The van der Waals surface area contributed by atoms with E-state index in [1.807, 2.05) is 48.1 Å². The molecule has 0 saturated heterocycles. The number of halogens is 1. The van der Waals surface area contributed by atoms with Crippen LogP contribution in [0.2, 0.25) is 5.02 Å². The maximum Gasteiger partial charge on any atom is 0.255 e. The van der Waals surface area contributed by atoms with Crippen LogP contribution in [0, 0.1) is 5.92 Å².